The minimum atomic E-state index is -0.437. The molecule has 0 bridgehead atoms. The zero-order valence-electron chi connectivity index (χ0n) is 4.57. The number of non-ortho nitro benzene ring substituents is 1. The zero-order chi connectivity index (χ0) is 6.69. The van der Waals surface area contributed by atoms with Gasteiger partial charge < -0.3 is 0 Å². The average Bonchev–Trinajstić information content (AvgIpc) is 1.90. The van der Waals surface area contributed by atoms with Crippen molar-refractivity contribution in [3.63, 3.8) is 0 Å². The van der Waals surface area contributed by atoms with Crippen molar-refractivity contribution in [2.24, 2.45) is 0 Å². The molecule has 0 aliphatic carbocycles. The van der Waals surface area contributed by atoms with Gasteiger partial charge in [-0.05, 0) is 0 Å². The monoisotopic (exact) mass is 122 g/mol. The normalized spacial score (nSPS) is 8.89. The second kappa shape index (κ2) is 2.26. The minimum absolute atomic E-state index is 0.105. The molecule has 3 heteroatoms. The quantitative estimate of drug-likeness (QED) is 0.321. The van der Waals surface area contributed by atoms with Gasteiger partial charge in [-0.3, -0.25) is 10.1 Å². The van der Waals surface area contributed by atoms with Crippen LogP contribution in [0, 0.1) is 16.2 Å². The molecule has 0 heterocycles. The maximum Gasteiger partial charge on any atom is 0.166 e. The third-order valence-corrected chi connectivity index (χ3v) is 0.911. The Bertz CT molecular complexity index is 208. The Morgan fingerprint density at radius 3 is 2.33 bits per heavy atom. The highest BCUT2D eigenvalue weighted by molar-refractivity contribution is 5.27. The molecule has 0 saturated heterocycles. The summed E-state index contributed by atoms with van der Waals surface area (Å²) in [6.45, 7) is 0. The largest absolute Gasteiger partial charge is 0.260 e. The van der Waals surface area contributed by atoms with E-state index in [0.717, 1.165) is 0 Å². The molecule has 46 valence electrons. The standard InChI is InChI=1S/C6H4NO2/c8-7(9)6-4-2-1-3-5-6/h2-5H/q-1. The summed E-state index contributed by atoms with van der Waals surface area (Å²) >= 11 is 0. The number of hydrogen-bond acceptors (Lipinski definition) is 2. The van der Waals surface area contributed by atoms with E-state index in [2.05, 4.69) is 6.07 Å². The number of benzene rings is 1. The fourth-order valence-corrected chi connectivity index (χ4v) is 0.500. The number of nitro benzene ring substituents is 1. The molecule has 0 saturated carbocycles. The smallest absolute Gasteiger partial charge is 0.166 e. The van der Waals surface area contributed by atoms with Gasteiger partial charge >= 0.3 is 0 Å². The molecule has 0 N–H and O–H groups in total. The van der Waals surface area contributed by atoms with E-state index in [0.29, 0.717) is 0 Å². The Kier molecular flexibility index (Phi) is 1.44. The lowest BCUT2D eigenvalue weighted by molar-refractivity contribution is -0.384. The summed E-state index contributed by atoms with van der Waals surface area (Å²) in [5.74, 6) is 0. The van der Waals surface area contributed by atoms with Crippen LogP contribution in [0.3, 0.4) is 0 Å². The third-order valence-electron chi connectivity index (χ3n) is 0.911. The molecule has 0 unspecified atom stereocenters. The Hall–Kier alpha value is -1.38. The van der Waals surface area contributed by atoms with E-state index in [1.54, 1.807) is 0 Å². The van der Waals surface area contributed by atoms with Crippen LogP contribution in [0.2, 0.25) is 0 Å². The van der Waals surface area contributed by atoms with Crippen molar-refractivity contribution in [3.8, 4) is 0 Å². The van der Waals surface area contributed by atoms with Crippen LogP contribution in [-0.4, -0.2) is 4.92 Å². The molecule has 0 radical (unpaired) electrons. The van der Waals surface area contributed by atoms with Gasteiger partial charge in [0.15, 0.2) is 5.69 Å². The third kappa shape index (κ3) is 1.25. The maximum atomic E-state index is 9.99. The van der Waals surface area contributed by atoms with Crippen molar-refractivity contribution in [3.05, 3.63) is 40.4 Å². The number of hydrogen-bond donors (Lipinski definition) is 0. The van der Waals surface area contributed by atoms with Gasteiger partial charge in [0.25, 0.3) is 0 Å². The van der Waals surface area contributed by atoms with Gasteiger partial charge in [0.2, 0.25) is 0 Å². The predicted molar refractivity (Wildman–Crippen MR) is 31.9 cm³/mol. The van der Waals surface area contributed by atoms with Crippen molar-refractivity contribution in [2.45, 2.75) is 0 Å². The maximum absolute atomic E-state index is 9.99. The number of nitrogens with zero attached hydrogens (tertiary/aromatic N) is 1. The van der Waals surface area contributed by atoms with Crippen molar-refractivity contribution in [1.82, 2.24) is 0 Å². The molecule has 0 aromatic heterocycles. The molecule has 9 heavy (non-hydrogen) atoms. The van der Waals surface area contributed by atoms with E-state index in [9.17, 15) is 10.1 Å². The lowest BCUT2D eigenvalue weighted by atomic mass is 10.3. The summed E-state index contributed by atoms with van der Waals surface area (Å²) < 4.78 is 0. The van der Waals surface area contributed by atoms with Crippen molar-refractivity contribution >= 4 is 5.69 Å². The zero-order valence-corrected chi connectivity index (χ0v) is 4.57. The SMILES string of the molecule is O=[N+]([O-])c1cc[c-]cc1. The Balaban J connectivity index is 2.98. The summed E-state index contributed by atoms with van der Waals surface area (Å²) in [7, 11) is 0. The van der Waals surface area contributed by atoms with Crippen LogP contribution >= 0.6 is 0 Å². The van der Waals surface area contributed by atoms with Crippen LogP contribution in [-0.2, 0) is 0 Å². The summed E-state index contributed by atoms with van der Waals surface area (Å²) in [5.41, 5.74) is 0.105. The molecule has 0 amide bonds. The highest BCUT2D eigenvalue weighted by atomic mass is 16.6. The topological polar surface area (TPSA) is 43.1 Å². The summed E-state index contributed by atoms with van der Waals surface area (Å²) in [6.07, 6.45) is 0. The van der Waals surface area contributed by atoms with Crippen LogP contribution in [0.15, 0.2) is 24.3 Å². The summed E-state index contributed by atoms with van der Waals surface area (Å²) in [4.78, 5) is 9.56. The van der Waals surface area contributed by atoms with Crippen molar-refractivity contribution in [1.29, 1.82) is 0 Å². The molecule has 3 nitrogen and oxygen atoms in total. The first-order valence-electron chi connectivity index (χ1n) is 2.41. The Morgan fingerprint density at radius 1 is 1.44 bits per heavy atom. The van der Waals surface area contributed by atoms with Gasteiger partial charge in [-0.1, -0.05) is 12.1 Å². The van der Waals surface area contributed by atoms with Gasteiger partial charge in [-0.15, -0.1) is 0 Å². The Morgan fingerprint density at radius 2 is 2.00 bits per heavy atom. The van der Waals surface area contributed by atoms with E-state index in [-0.39, 0.29) is 5.69 Å². The van der Waals surface area contributed by atoms with Gasteiger partial charge in [-0.2, -0.15) is 18.2 Å². The molecule has 1 aromatic carbocycles. The fourth-order valence-electron chi connectivity index (χ4n) is 0.500. The molecular formula is C6H4NO2-. The van der Waals surface area contributed by atoms with Crippen LogP contribution in [0.5, 0.6) is 0 Å². The van der Waals surface area contributed by atoms with Crippen LogP contribution < -0.4 is 0 Å². The van der Waals surface area contributed by atoms with E-state index in [1.807, 2.05) is 0 Å². The molecule has 1 rings (SSSR count). The number of nitro groups is 1. The molecule has 1 aromatic rings. The van der Waals surface area contributed by atoms with E-state index in [1.165, 1.54) is 24.3 Å². The first kappa shape index (κ1) is 5.75. The second-order valence-corrected chi connectivity index (χ2v) is 1.52. The average molecular weight is 122 g/mol. The van der Waals surface area contributed by atoms with Gasteiger partial charge in [0, 0.05) is 4.92 Å². The van der Waals surface area contributed by atoms with Crippen LogP contribution in [0.1, 0.15) is 0 Å². The lowest BCUT2D eigenvalue weighted by Crippen LogP contribution is -1.84. The van der Waals surface area contributed by atoms with Gasteiger partial charge in [0.1, 0.15) is 0 Å². The summed E-state index contributed by atoms with van der Waals surface area (Å²) in [5, 5.41) is 9.99. The lowest BCUT2D eigenvalue weighted by Gasteiger charge is -1.93. The van der Waals surface area contributed by atoms with Gasteiger partial charge in [0.05, 0.1) is 0 Å². The van der Waals surface area contributed by atoms with E-state index < -0.39 is 4.92 Å². The van der Waals surface area contributed by atoms with E-state index in [4.69, 9.17) is 0 Å². The number of rotatable bonds is 1. The molecule has 0 atom stereocenters. The van der Waals surface area contributed by atoms with Crippen LogP contribution in [0.25, 0.3) is 0 Å². The van der Waals surface area contributed by atoms with Crippen LogP contribution in [0.4, 0.5) is 5.69 Å². The van der Waals surface area contributed by atoms with Crippen molar-refractivity contribution < 1.29 is 4.92 Å². The highest BCUT2D eigenvalue weighted by Crippen LogP contribution is 2.06. The first-order chi connectivity index (χ1) is 4.30. The molecule has 0 fully saturated rings. The molecular weight excluding hydrogens is 118 g/mol. The molecule has 0 aliphatic rings. The first-order valence-corrected chi connectivity index (χ1v) is 2.41. The second-order valence-electron chi connectivity index (χ2n) is 1.52. The molecule has 0 aliphatic heterocycles. The van der Waals surface area contributed by atoms with E-state index >= 15 is 0 Å². The summed E-state index contributed by atoms with van der Waals surface area (Å²) in [6, 6.07) is 8.51. The van der Waals surface area contributed by atoms with Crippen molar-refractivity contribution in [2.75, 3.05) is 0 Å². The Labute approximate surface area is 52.1 Å². The van der Waals surface area contributed by atoms with Gasteiger partial charge in [-0.25, -0.2) is 0 Å². The highest BCUT2D eigenvalue weighted by Gasteiger charge is 1.90. The fraction of sp³-hybridized carbons (Fsp3) is 0. The predicted octanol–water partition coefficient (Wildman–Crippen LogP) is 1.39. The molecule has 0 spiro atoms. The minimum Gasteiger partial charge on any atom is -0.260 e.